The van der Waals surface area contributed by atoms with Crippen LogP contribution in [0.15, 0.2) is 23.1 Å². The highest BCUT2D eigenvalue weighted by molar-refractivity contribution is 7.89. The van der Waals surface area contributed by atoms with Crippen LogP contribution in [0.4, 0.5) is 10.1 Å². The van der Waals surface area contributed by atoms with Gasteiger partial charge in [-0.15, -0.1) is 0 Å². The Balaban J connectivity index is 2.48. The Morgan fingerprint density at radius 3 is 2.74 bits per heavy atom. The summed E-state index contributed by atoms with van der Waals surface area (Å²) in [5, 5.41) is 0. The minimum absolute atomic E-state index is 0.173. The van der Waals surface area contributed by atoms with E-state index in [0.29, 0.717) is 12.8 Å². The van der Waals surface area contributed by atoms with Gasteiger partial charge in [-0.05, 0) is 25.0 Å². The Morgan fingerprint density at radius 1 is 1.42 bits per heavy atom. The Hall–Kier alpha value is -1.67. The number of carbonyl (C=O) groups is 1. The van der Waals surface area contributed by atoms with Crippen molar-refractivity contribution < 1.29 is 17.6 Å². The molecule has 1 amide bonds. The molecule has 0 saturated carbocycles. The predicted octanol–water partition coefficient (Wildman–Crippen LogP) is 0.0463. The highest BCUT2D eigenvalue weighted by atomic mass is 32.2. The van der Waals surface area contributed by atoms with Crippen LogP contribution in [-0.2, 0) is 14.8 Å². The molecule has 1 aliphatic heterocycles. The third-order valence-electron chi connectivity index (χ3n) is 3.13. The number of halogens is 1. The van der Waals surface area contributed by atoms with Crippen molar-refractivity contribution in [2.24, 2.45) is 5.73 Å². The van der Waals surface area contributed by atoms with Gasteiger partial charge in [0.1, 0.15) is 16.8 Å². The van der Waals surface area contributed by atoms with E-state index in [1.165, 1.54) is 12.1 Å². The van der Waals surface area contributed by atoms with Crippen molar-refractivity contribution in [3.05, 3.63) is 24.0 Å². The first-order chi connectivity index (χ1) is 8.85. The van der Waals surface area contributed by atoms with Crippen molar-refractivity contribution >= 4 is 21.6 Å². The molecule has 2 rings (SSSR count). The van der Waals surface area contributed by atoms with Crippen molar-refractivity contribution in [2.75, 3.05) is 12.3 Å². The molecule has 1 aromatic carbocycles. The molecule has 19 heavy (non-hydrogen) atoms. The van der Waals surface area contributed by atoms with Gasteiger partial charge in [0.05, 0.1) is 5.69 Å². The van der Waals surface area contributed by atoms with Crippen LogP contribution in [0.1, 0.15) is 12.8 Å². The fourth-order valence-electron chi connectivity index (χ4n) is 2.18. The first-order valence-electron chi connectivity index (χ1n) is 5.71. The maximum Gasteiger partial charge on any atom is 0.245 e. The maximum absolute atomic E-state index is 13.4. The molecule has 1 saturated heterocycles. The van der Waals surface area contributed by atoms with Gasteiger partial charge in [-0.1, -0.05) is 6.07 Å². The molecule has 1 unspecified atom stereocenters. The Kier molecular flexibility index (Phi) is 3.46. The topological polar surface area (TPSA) is 106 Å². The molecule has 104 valence electrons. The second kappa shape index (κ2) is 4.78. The second-order valence-corrected chi connectivity index (χ2v) is 6.19. The lowest BCUT2D eigenvalue weighted by Gasteiger charge is -2.22. The number of hydrogen-bond donors (Lipinski definition) is 2. The van der Waals surface area contributed by atoms with Gasteiger partial charge in [-0.25, -0.2) is 12.8 Å². The summed E-state index contributed by atoms with van der Waals surface area (Å²) in [5.74, 6) is -1.52. The van der Waals surface area contributed by atoms with Gasteiger partial charge in [0.2, 0.25) is 15.9 Å². The van der Waals surface area contributed by atoms with E-state index in [-0.39, 0.29) is 11.4 Å². The van der Waals surface area contributed by atoms with E-state index in [0.717, 1.165) is 10.4 Å². The number of sulfonamides is 1. The molecule has 1 heterocycles. The van der Waals surface area contributed by atoms with Crippen molar-refractivity contribution in [3.8, 4) is 0 Å². The number of hydrogen-bond acceptors (Lipinski definition) is 4. The molecule has 0 radical (unpaired) electrons. The summed E-state index contributed by atoms with van der Waals surface area (Å²) in [7, 11) is -4.02. The number of amides is 1. The maximum atomic E-state index is 13.4. The third-order valence-corrected chi connectivity index (χ3v) is 5.10. The monoisotopic (exact) mass is 287 g/mol. The van der Waals surface area contributed by atoms with Gasteiger partial charge in [0.15, 0.2) is 0 Å². The SMILES string of the molecule is NC(=O)C1CCCN1S(=O)(=O)c1cccc(F)c1N. The van der Waals surface area contributed by atoms with Crippen molar-refractivity contribution in [1.29, 1.82) is 0 Å². The number of nitrogens with two attached hydrogens (primary N) is 2. The number of benzene rings is 1. The first kappa shape index (κ1) is 13.8. The van der Waals surface area contributed by atoms with Crippen LogP contribution in [-0.4, -0.2) is 31.2 Å². The average molecular weight is 287 g/mol. The summed E-state index contributed by atoms with van der Waals surface area (Å²) in [6.45, 7) is 0.173. The largest absolute Gasteiger partial charge is 0.395 e. The summed E-state index contributed by atoms with van der Waals surface area (Å²) < 4.78 is 39.1. The van der Waals surface area contributed by atoms with Crippen LogP contribution in [0.3, 0.4) is 0 Å². The minimum Gasteiger partial charge on any atom is -0.395 e. The molecular weight excluding hydrogens is 273 g/mol. The Labute approximate surface area is 110 Å². The summed E-state index contributed by atoms with van der Waals surface area (Å²) in [4.78, 5) is 10.9. The molecule has 1 aliphatic rings. The summed E-state index contributed by atoms with van der Waals surface area (Å²) >= 11 is 0. The van der Waals surface area contributed by atoms with E-state index in [9.17, 15) is 17.6 Å². The molecule has 0 aliphatic carbocycles. The van der Waals surface area contributed by atoms with Gasteiger partial charge in [0, 0.05) is 6.54 Å². The van der Waals surface area contributed by atoms with E-state index < -0.39 is 33.5 Å². The zero-order valence-electron chi connectivity index (χ0n) is 10.0. The molecule has 0 aromatic heterocycles. The molecule has 0 bridgehead atoms. The summed E-state index contributed by atoms with van der Waals surface area (Å²) in [6.07, 6.45) is 0.895. The van der Waals surface area contributed by atoms with Gasteiger partial charge in [0.25, 0.3) is 0 Å². The lowest BCUT2D eigenvalue weighted by Crippen LogP contribution is -2.43. The van der Waals surface area contributed by atoms with Crippen LogP contribution >= 0.6 is 0 Å². The number of primary amides is 1. The zero-order valence-corrected chi connectivity index (χ0v) is 10.9. The molecule has 8 heteroatoms. The number of para-hydroxylation sites is 1. The lowest BCUT2D eigenvalue weighted by molar-refractivity contribution is -0.121. The fourth-order valence-corrected chi connectivity index (χ4v) is 3.97. The van der Waals surface area contributed by atoms with Gasteiger partial charge in [-0.2, -0.15) is 4.31 Å². The van der Waals surface area contributed by atoms with E-state index in [1.54, 1.807) is 0 Å². The first-order valence-corrected chi connectivity index (χ1v) is 7.15. The second-order valence-electron chi connectivity index (χ2n) is 4.33. The minimum atomic E-state index is -4.02. The number of carbonyl (C=O) groups excluding carboxylic acids is 1. The predicted molar refractivity (Wildman–Crippen MR) is 66.9 cm³/mol. The fraction of sp³-hybridized carbons (Fsp3) is 0.364. The molecular formula is C11H14FN3O3S. The number of rotatable bonds is 3. The van der Waals surface area contributed by atoms with Crippen molar-refractivity contribution in [1.82, 2.24) is 4.31 Å². The molecule has 1 fully saturated rings. The molecule has 1 atom stereocenters. The molecule has 0 spiro atoms. The third kappa shape index (κ3) is 2.28. The van der Waals surface area contributed by atoms with Crippen LogP contribution in [0.2, 0.25) is 0 Å². The Morgan fingerprint density at radius 2 is 2.11 bits per heavy atom. The Bertz CT molecular complexity index is 618. The average Bonchev–Trinajstić information content (AvgIpc) is 2.82. The highest BCUT2D eigenvalue weighted by Crippen LogP contribution is 2.29. The van der Waals surface area contributed by atoms with Crippen molar-refractivity contribution in [3.63, 3.8) is 0 Å². The normalized spacial score (nSPS) is 20.6. The zero-order chi connectivity index (χ0) is 14.2. The standard InChI is InChI=1S/C11H14FN3O3S/c12-7-3-1-5-9(10(7)13)19(17,18)15-6-2-4-8(15)11(14)16/h1,3,5,8H,2,4,6,13H2,(H2,14,16). The molecule has 6 nitrogen and oxygen atoms in total. The summed E-state index contributed by atoms with van der Waals surface area (Å²) in [6, 6.07) is 2.65. The van der Waals surface area contributed by atoms with Gasteiger partial charge >= 0.3 is 0 Å². The lowest BCUT2D eigenvalue weighted by atomic mass is 10.2. The van der Waals surface area contributed by atoms with Crippen LogP contribution < -0.4 is 11.5 Å². The number of anilines is 1. The smallest absolute Gasteiger partial charge is 0.245 e. The van der Waals surface area contributed by atoms with Gasteiger partial charge < -0.3 is 11.5 Å². The van der Waals surface area contributed by atoms with Crippen LogP contribution in [0.25, 0.3) is 0 Å². The van der Waals surface area contributed by atoms with Gasteiger partial charge in [-0.3, -0.25) is 4.79 Å². The number of nitrogen functional groups attached to an aromatic ring is 1. The van der Waals surface area contributed by atoms with Crippen LogP contribution in [0.5, 0.6) is 0 Å². The van der Waals surface area contributed by atoms with E-state index in [1.807, 2.05) is 0 Å². The van der Waals surface area contributed by atoms with E-state index >= 15 is 0 Å². The molecule has 1 aromatic rings. The van der Waals surface area contributed by atoms with E-state index in [4.69, 9.17) is 11.5 Å². The highest BCUT2D eigenvalue weighted by Gasteiger charge is 2.39. The van der Waals surface area contributed by atoms with Crippen molar-refractivity contribution in [2.45, 2.75) is 23.8 Å². The summed E-state index contributed by atoms with van der Waals surface area (Å²) in [5.41, 5.74) is 10.2. The quantitative estimate of drug-likeness (QED) is 0.766. The molecule has 4 N–H and O–H groups in total. The number of nitrogens with zero attached hydrogens (tertiary/aromatic N) is 1. The van der Waals surface area contributed by atoms with Crippen LogP contribution in [0, 0.1) is 5.82 Å². The van der Waals surface area contributed by atoms with E-state index in [2.05, 4.69) is 0 Å².